The number of carbonyl (C=O) groups excluding carboxylic acids is 1. The predicted octanol–water partition coefficient (Wildman–Crippen LogP) is 5.49. The number of ether oxygens (including phenoxy) is 1. The molecular formula is C22H21Br2N3O3. The second-order valence-electron chi connectivity index (χ2n) is 6.57. The van der Waals surface area contributed by atoms with Crippen LogP contribution in [0.15, 0.2) is 56.5 Å². The Balaban J connectivity index is 1.79. The molecule has 0 atom stereocenters. The summed E-state index contributed by atoms with van der Waals surface area (Å²) in [7, 11) is 0. The Labute approximate surface area is 191 Å². The molecule has 3 aromatic rings. The molecule has 1 heterocycles. The molecule has 8 heteroatoms. The molecule has 0 radical (unpaired) electrons. The summed E-state index contributed by atoms with van der Waals surface area (Å²) in [4.78, 5) is 12.4. The van der Waals surface area contributed by atoms with Gasteiger partial charge in [-0.05, 0) is 79.2 Å². The molecule has 156 valence electrons. The van der Waals surface area contributed by atoms with E-state index in [-0.39, 0.29) is 11.3 Å². The van der Waals surface area contributed by atoms with E-state index in [1.165, 1.54) is 6.07 Å². The van der Waals surface area contributed by atoms with Crippen LogP contribution in [-0.2, 0) is 0 Å². The molecule has 2 aromatic carbocycles. The van der Waals surface area contributed by atoms with Gasteiger partial charge in [-0.1, -0.05) is 15.9 Å². The lowest BCUT2D eigenvalue weighted by atomic mass is 10.2. The van der Waals surface area contributed by atoms with Crippen molar-refractivity contribution in [1.29, 1.82) is 0 Å². The summed E-state index contributed by atoms with van der Waals surface area (Å²) < 4.78 is 8.70. The van der Waals surface area contributed by atoms with E-state index in [0.29, 0.717) is 15.6 Å². The van der Waals surface area contributed by atoms with Gasteiger partial charge in [0.25, 0.3) is 5.91 Å². The van der Waals surface area contributed by atoms with Gasteiger partial charge in [-0.25, -0.2) is 5.43 Å². The molecule has 0 unspecified atom stereocenters. The second kappa shape index (κ2) is 9.49. The Morgan fingerprint density at radius 2 is 1.90 bits per heavy atom. The van der Waals surface area contributed by atoms with Gasteiger partial charge in [0.1, 0.15) is 11.5 Å². The summed E-state index contributed by atoms with van der Waals surface area (Å²) in [6.07, 6.45) is 1.59. The van der Waals surface area contributed by atoms with Gasteiger partial charge in [0.2, 0.25) is 0 Å². The molecule has 2 N–H and O–H groups in total. The van der Waals surface area contributed by atoms with Gasteiger partial charge in [0.15, 0.2) is 0 Å². The van der Waals surface area contributed by atoms with Crippen molar-refractivity contribution in [1.82, 2.24) is 9.99 Å². The first kappa shape index (κ1) is 22.1. The van der Waals surface area contributed by atoms with Crippen molar-refractivity contribution in [3.8, 4) is 17.2 Å². The van der Waals surface area contributed by atoms with Gasteiger partial charge in [-0.15, -0.1) is 0 Å². The lowest BCUT2D eigenvalue weighted by Gasteiger charge is -2.11. The van der Waals surface area contributed by atoms with Crippen molar-refractivity contribution >= 4 is 44.0 Å². The minimum absolute atomic E-state index is 0.119. The largest absolute Gasteiger partial charge is 0.506 e. The number of amides is 1. The Hall–Kier alpha value is -2.58. The average Bonchev–Trinajstić information content (AvgIpc) is 2.99. The molecule has 30 heavy (non-hydrogen) atoms. The summed E-state index contributed by atoms with van der Waals surface area (Å²) in [5.74, 6) is 0.182. The number of aromatic hydroxyl groups is 1. The first-order valence-corrected chi connectivity index (χ1v) is 10.8. The maximum atomic E-state index is 12.4. The molecule has 1 aromatic heterocycles. The van der Waals surface area contributed by atoms with Gasteiger partial charge >= 0.3 is 0 Å². The number of phenolic OH excluding ortho intramolecular Hbond substituents is 1. The zero-order valence-corrected chi connectivity index (χ0v) is 19.9. The summed E-state index contributed by atoms with van der Waals surface area (Å²) in [6, 6.07) is 13.1. The van der Waals surface area contributed by atoms with E-state index in [1.807, 2.05) is 51.1 Å². The Bertz CT molecular complexity index is 1110. The lowest BCUT2D eigenvalue weighted by molar-refractivity contribution is 0.0952. The number of nitrogens with one attached hydrogen (secondary N) is 1. The Morgan fingerprint density at radius 1 is 1.20 bits per heavy atom. The van der Waals surface area contributed by atoms with E-state index in [0.717, 1.165) is 28.4 Å². The van der Waals surface area contributed by atoms with Crippen LogP contribution in [0.25, 0.3) is 5.69 Å². The first-order valence-electron chi connectivity index (χ1n) is 9.25. The van der Waals surface area contributed by atoms with E-state index >= 15 is 0 Å². The van der Waals surface area contributed by atoms with Crippen molar-refractivity contribution in [2.24, 2.45) is 5.10 Å². The molecule has 0 fully saturated rings. The average molecular weight is 535 g/mol. The van der Waals surface area contributed by atoms with Gasteiger partial charge in [0.05, 0.1) is 22.9 Å². The standard InChI is InChI=1S/C22H21Br2N3O3/c1-4-30-18-7-5-17(6-8-18)27-13(2)9-15(14(27)3)12-25-26-22(29)19-10-16(23)11-20(24)21(19)28/h5-12,28H,4H2,1-3H3,(H,26,29)/b25-12-. The zero-order chi connectivity index (χ0) is 21.8. The quantitative estimate of drug-likeness (QED) is 0.324. The number of phenols is 1. The number of nitrogens with zero attached hydrogens (tertiary/aromatic N) is 2. The summed E-state index contributed by atoms with van der Waals surface area (Å²) in [5, 5.41) is 14.1. The number of carbonyl (C=O) groups is 1. The fourth-order valence-electron chi connectivity index (χ4n) is 3.13. The number of aryl methyl sites for hydroxylation is 1. The van der Waals surface area contributed by atoms with Crippen LogP contribution in [0.3, 0.4) is 0 Å². The van der Waals surface area contributed by atoms with Crippen molar-refractivity contribution in [3.05, 3.63) is 73.9 Å². The third-order valence-corrected chi connectivity index (χ3v) is 5.58. The highest BCUT2D eigenvalue weighted by atomic mass is 79.9. The molecule has 0 aliphatic rings. The van der Waals surface area contributed by atoms with Crippen molar-refractivity contribution < 1.29 is 14.6 Å². The van der Waals surface area contributed by atoms with Gasteiger partial charge in [-0.3, -0.25) is 4.79 Å². The zero-order valence-electron chi connectivity index (χ0n) is 16.7. The lowest BCUT2D eigenvalue weighted by Crippen LogP contribution is -2.18. The first-order chi connectivity index (χ1) is 14.3. The summed E-state index contributed by atoms with van der Waals surface area (Å²) in [5.41, 5.74) is 6.50. The highest BCUT2D eigenvalue weighted by molar-refractivity contribution is 9.11. The summed E-state index contributed by atoms with van der Waals surface area (Å²) in [6.45, 7) is 6.58. The monoisotopic (exact) mass is 533 g/mol. The fourth-order valence-corrected chi connectivity index (χ4v) is 4.36. The van der Waals surface area contributed by atoms with Gasteiger partial charge in [-0.2, -0.15) is 5.10 Å². The second-order valence-corrected chi connectivity index (χ2v) is 8.34. The maximum Gasteiger partial charge on any atom is 0.275 e. The molecule has 0 bridgehead atoms. The minimum Gasteiger partial charge on any atom is -0.506 e. The van der Waals surface area contributed by atoms with Gasteiger partial charge in [0, 0.05) is 27.1 Å². The normalized spacial score (nSPS) is 11.1. The van der Waals surface area contributed by atoms with E-state index in [9.17, 15) is 9.90 Å². The third kappa shape index (κ3) is 4.76. The molecular weight excluding hydrogens is 514 g/mol. The molecule has 6 nitrogen and oxygen atoms in total. The highest BCUT2D eigenvalue weighted by Crippen LogP contribution is 2.31. The molecule has 0 spiro atoms. The molecule has 0 aliphatic heterocycles. The Morgan fingerprint density at radius 3 is 2.57 bits per heavy atom. The number of hydrogen-bond acceptors (Lipinski definition) is 4. The molecule has 3 rings (SSSR count). The fraction of sp³-hybridized carbons (Fsp3) is 0.182. The number of rotatable bonds is 6. The topological polar surface area (TPSA) is 75.8 Å². The van der Waals surface area contributed by atoms with E-state index in [1.54, 1.807) is 12.3 Å². The summed E-state index contributed by atoms with van der Waals surface area (Å²) >= 11 is 6.52. The van der Waals surface area contributed by atoms with Crippen LogP contribution >= 0.6 is 31.9 Å². The number of hydrazone groups is 1. The van der Waals surface area contributed by atoms with Crippen LogP contribution < -0.4 is 10.2 Å². The molecule has 0 saturated carbocycles. The SMILES string of the molecule is CCOc1ccc(-n2c(C)cc(/C=N\NC(=O)c3cc(Br)cc(Br)c3O)c2C)cc1. The maximum absolute atomic E-state index is 12.4. The van der Waals surface area contributed by atoms with Crippen LogP contribution in [0.4, 0.5) is 0 Å². The van der Waals surface area contributed by atoms with E-state index < -0.39 is 5.91 Å². The van der Waals surface area contributed by atoms with Crippen LogP contribution in [0.1, 0.15) is 34.2 Å². The van der Waals surface area contributed by atoms with Crippen LogP contribution in [-0.4, -0.2) is 28.4 Å². The van der Waals surface area contributed by atoms with Crippen LogP contribution in [0.5, 0.6) is 11.5 Å². The van der Waals surface area contributed by atoms with E-state index in [4.69, 9.17) is 4.74 Å². The Kier molecular flexibility index (Phi) is 6.99. The van der Waals surface area contributed by atoms with E-state index in [2.05, 4.69) is 47.0 Å². The van der Waals surface area contributed by atoms with Crippen molar-refractivity contribution in [2.45, 2.75) is 20.8 Å². The predicted molar refractivity (Wildman–Crippen MR) is 125 cm³/mol. The van der Waals surface area contributed by atoms with Crippen molar-refractivity contribution in [3.63, 3.8) is 0 Å². The number of aromatic nitrogens is 1. The smallest absolute Gasteiger partial charge is 0.275 e. The molecule has 0 saturated heterocycles. The number of hydrogen-bond donors (Lipinski definition) is 2. The number of benzene rings is 2. The number of halogens is 2. The van der Waals surface area contributed by atoms with Gasteiger partial charge < -0.3 is 14.4 Å². The van der Waals surface area contributed by atoms with Crippen LogP contribution in [0.2, 0.25) is 0 Å². The van der Waals surface area contributed by atoms with Crippen molar-refractivity contribution in [2.75, 3.05) is 6.61 Å². The molecule has 0 aliphatic carbocycles. The highest BCUT2D eigenvalue weighted by Gasteiger charge is 2.15. The minimum atomic E-state index is -0.508. The van der Waals surface area contributed by atoms with Crippen LogP contribution in [0, 0.1) is 13.8 Å². The third-order valence-electron chi connectivity index (χ3n) is 4.52. The molecule has 1 amide bonds.